The molecule has 2 aromatic carbocycles. The van der Waals surface area contributed by atoms with Crippen LogP contribution in [-0.4, -0.2) is 19.1 Å². The van der Waals surface area contributed by atoms with E-state index in [1.165, 1.54) is 7.11 Å². The first-order chi connectivity index (χ1) is 11.3. The van der Waals surface area contributed by atoms with Crippen LogP contribution in [0.2, 0.25) is 10.0 Å². The molecular formula is C18H19Cl2NO3. The maximum atomic E-state index is 12.3. The van der Waals surface area contributed by atoms with Crippen molar-refractivity contribution in [3.05, 3.63) is 51.5 Å². The van der Waals surface area contributed by atoms with E-state index in [1.807, 2.05) is 26.0 Å². The Morgan fingerprint density at radius 3 is 2.29 bits per heavy atom. The maximum Gasteiger partial charge on any atom is 0.265 e. The number of nitrogens with one attached hydrogen (secondary N) is 1. The number of benzene rings is 2. The molecule has 1 amide bonds. The number of rotatable bonds is 5. The van der Waals surface area contributed by atoms with Crippen molar-refractivity contribution in [3.8, 4) is 11.5 Å². The fraction of sp³-hybridized carbons (Fsp3) is 0.278. The highest BCUT2D eigenvalue weighted by Gasteiger charge is 2.16. The fourth-order valence-corrected chi connectivity index (χ4v) is 2.59. The second kappa shape index (κ2) is 7.77. The van der Waals surface area contributed by atoms with Crippen LogP contribution in [0.4, 0.5) is 5.69 Å². The highest BCUT2D eigenvalue weighted by molar-refractivity contribution is 6.32. The molecule has 0 unspecified atom stereocenters. The summed E-state index contributed by atoms with van der Waals surface area (Å²) in [4.78, 5) is 12.3. The molecule has 2 rings (SSSR count). The predicted octanol–water partition coefficient (Wildman–Crippen LogP) is 5.02. The lowest BCUT2D eigenvalue weighted by Gasteiger charge is -2.16. The summed E-state index contributed by atoms with van der Waals surface area (Å²) < 4.78 is 10.8. The van der Waals surface area contributed by atoms with Crippen molar-refractivity contribution in [2.45, 2.75) is 26.9 Å². The van der Waals surface area contributed by atoms with Crippen molar-refractivity contribution in [2.24, 2.45) is 0 Å². The Morgan fingerprint density at radius 2 is 1.75 bits per heavy atom. The number of hydrogen-bond acceptors (Lipinski definition) is 3. The summed E-state index contributed by atoms with van der Waals surface area (Å²) >= 11 is 12.2. The summed E-state index contributed by atoms with van der Waals surface area (Å²) in [6.07, 6.45) is -0.675. The third-order valence-corrected chi connectivity index (χ3v) is 4.40. The van der Waals surface area contributed by atoms with Crippen molar-refractivity contribution in [2.75, 3.05) is 12.4 Å². The first-order valence-electron chi connectivity index (χ1n) is 7.39. The Kier molecular flexibility index (Phi) is 5.97. The second-order valence-corrected chi connectivity index (χ2v) is 6.25. The number of anilines is 1. The molecule has 0 aliphatic heterocycles. The minimum atomic E-state index is -0.675. The van der Waals surface area contributed by atoms with E-state index in [2.05, 4.69) is 5.32 Å². The average Bonchev–Trinajstić information content (AvgIpc) is 2.52. The second-order valence-electron chi connectivity index (χ2n) is 5.47. The Morgan fingerprint density at radius 1 is 1.12 bits per heavy atom. The van der Waals surface area contributed by atoms with E-state index >= 15 is 0 Å². The summed E-state index contributed by atoms with van der Waals surface area (Å²) in [5.41, 5.74) is 2.38. The number of hydrogen-bond donors (Lipinski definition) is 1. The van der Waals surface area contributed by atoms with Crippen molar-refractivity contribution in [1.29, 1.82) is 0 Å². The number of amides is 1. The van der Waals surface area contributed by atoms with Gasteiger partial charge in [0.2, 0.25) is 0 Å². The number of methoxy groups -OCH3 is 1. The number of carbonyl (C=O) groups excluding carboxylic acids is 1. The molecule has 24 heavy (non-hydrogen) atoms. The molecule has 0 spiro atoms. The quantitative estimate of drug-likeness (QED) is 0.806. The summed E-state index contributed by atoms with van der Waals surface area (Å²) in [6.45, 7) is 5.47. The third-order valence-electron chi connectivity index (χ3n) is 3.51. The molecule has 0 aliphatic rings. The minimum absolute atomic E-state index is 0.276. The summed E-state index contributed by atoms with van der Waals surface area (Å²) in [5.74, 6) is 0.873. The zero-order chi connectivity index (χ0) is 17.9. The largest absolute Gasteiger partial charge is 0.495 e. The van der Waals surface area contributed by atoms with Gasteiger partial charge < -0.3 is 14.8 Å². The van der Waals surface area contributed by atoms with Gasteiger partial charge in [0.15, 0.2) is 6.10 Å². The number of ether oxygens (including phenoxy) is 2. The van der Waals surface area contributed by atoms with Gasteiger partial charge >= 0.3 is 0 Å². The lowest BCUT2D eigenvalue weighted by molar-refractivity contribution is -0.122. The molecule has 0 fully saturated rings. The van der Waals surface area contributed by atoms with Crippen molar-refractivity contribution in [3.63, 3.8) is 0 Å². The van der Waals surface area contributed by atoms with Crippen LogP contribution in [0.25, 0.3) is 0 Å². The van der Waals surface area contributed by atoms with Crippen LogP contribution in [0, 0.1) is 13.8 Å². The standard InChI is InChI=1S/C18H19Cl2NO3/c1-10-7-14(8-11(2)17(10)20)24-12(3)18(22)21-13-5-6-16(23-4)15(19)9-13/h5-9,12H,1-4H3,(H,21,22)/t12-/m0/s1. The minimum Gasteiger partial charge on any atom is -0.495 e. The van der Waals surface area contributed by atoms with Gasteiger partial charge in [-0.25, -0.2) is 0 Å². The lowest BCUT2D eigenvalue weighted by Crippen LogP contribution is -2.30. The first-order valence-corrected chi connectivity index (χ1v) is 8.15. The predicted molar refractivity (Wildman–Crippen MR) is 97.6 cm³/mol. The molecule has 0 bridgehead atoms. The Balaban J connectivity index is 2.06. The molecular weight excluding hydrogens is 349 g/mol. The number of halogens is 2. The van der Waals surface area contributed by atoms with Crippen LogP contribution in [0.5, 0.6) is 11.5 Å². The van der Waals surface area contributed by atoms with Gasteiger partial charge in [0.25, 0.3) is 5.91 Å². The highest BCUT2D eigenvalue weighted by Crippen LogP contribution is 2.28. The van der Waals surface area contributed by atoms with Gasteiger partial charge in [-0.2, -0.15) is 0 Å². The topological polar surface area (TPSA) is 47.6 Å². The Hall–Kier alpha value is -1.91. The van der Waals surface area contributed by atoms with E-state index < -0.39 is 6.10 Å². The molecule has 128 valence electrons. The zero-order valence-corrected chi connectivity index (χ0v) is 15.5. The van der Waals surface area contributed by atoms with E-state index in [0.717, 1.165) is 11.1 Å². The number of carbonyl (C=O) groups is 1. The van der Waals surface area contributed by atoms with E-state index in [1.54, 1.807) is 25.1 Å². The Labute approximate surface area is 151 Å². The van der Waals surface area contributed by atoms with Crippen LogP contribution in [0.3, 0.4) is 0 Å². The summed E-state index contributed by atoms with van der Waals surface area (Å²) in [6, 6.07) is 8.65. The van der Waals surface area contributed by atoms with Gasteiger partial charge in [-0.05, 0) is 62.2 Å². The van der Waals surface area contributed by atoms with Crippen LogP contribution in [0.1, 0.15) is 18.1 Å². The van der Waals surface area contributed by atoms with Crippen molar-refractivity contribution in [1.82, 2.24) is 0 Å². The fourth-order valence-electron chi connectivity index (χ4n) is 2.22. The molecule has 0 aromatic heterocycles. The number of aryl methyl sites for hydroxylation is 2. The first kappa shape index (κ1) is 18.4. The normalized spacial score (nSPS) is 11.8. The monoisotopic (exact) mass is 367 g/mol. The van der Waals surface area contributed by atoms with Gasteiger partial charge in [-0.15, -0.1) is 0 Å². The smallest absolute Gasteiger partial charge is 0.265 e. The summed E-state index contributed by atoms with van der Waals surface area (Å²) in [7, 11) is 1.53. The molecule has 4 nitrogen and oxygen atoms in total. The zero-order valence-electron chi connectivity index (χ0n) is 13.9. The lowest BCUT2D eigenvalue weighted by atomic mass is 10.1. The molecule has 1 N–H and O–H groups in total. The van der Waals surface area contributed by atoms with Crippen LogP contribution in [-0.2, 0) is 4.79 Å². The van der Waals surface area contributed by atoms with Crippen LogP contribution < -0.4 is 14.8 Å². The van der Waals surface area contributed by atoms with Crippen molar-refractivity contribution < 1.29 is 14.3 Å². The van der Waals surface area contributed by atoms with Gasteiger partial charge in [-0.1, -0.05) is 23.2 Å². The van der Waals surface area contributed by atoms with Crippen molar-refractivity contribution >= 4 is 34.8 Å². The van der Waals surface area contributed by atoms with E-state index in [4.69, 9.17) is 32.7 Å². The molecule has 0 aliphatic carbocycles. The van der Waals surface area contributed by atoms with Gasteiger partial charge in [0.1, 0.15) is 11.5 Å². The molecule has 0 radical (unpaired) electrons. The highest BCUT2D eigenvalue weighted by atomic mass is 35.5. The molecule has 0 heterocycles. The average molecular weight is 368 g/mol. The van der Waals surface area contributed by atoms with E-state index in [0.29, 0.717) is 27.2 Å². The molecule has 1 atom stereocenters. The molecule has 0 saturated carbocycles. The molecule has 2 aromatic rings. The van der Waals surface area contributed by atoms with E-state index in [9.17, 15) is 4.79 Å². The van der Waals surface area contributed by atoms with Gasteiger partial charge in [0.05, 0.1) is 12.1 Å². The van der Waals surface area contributed by atoms with Crippen LogP contribution in [0.15, 0.2) is 30.3 Å². The Bertz CT molecular complexity index is 739. The third kappa shape index (κ3) is 4.34. The SMILES string of the molecule is COc1ccc(NC(=O)[C@H](C)Oc2cc(C)c(Cl)c(C)c2)cc1Cl. The maximum absolute atomic E-state index is 12.3. The summed E-state index contributed by atoms with van der Waals surface area (Å²) in [5, 5.41) is 3.89. The molecule has 0 saturated heterocycles. The van der Waals surface area contributed by atoms with Gasteiger partial charge in [0, 0.05) is 10.7 Å². The van der Waals surface area contributed by atoms with E-state index in [-0.39, 0.29) is 5.91 Å². The van der Waals surface area contributed by atoms with Gasteiger partial charge in [-0.3, -0.25) is 4.79 Å². The van der Waals surface area contributed by atoms with Crippen LogP contribution >= 0.6 is 23.2 Å². The molecule has 6 heteroatoms.